The molecule has 1 saturated heterocycles. The number of aryl methyl sites for hydroxylation is 2. The van der Waals surface area contributed by atoms with Crippen LogP contribution < -0.4 is 5.56 Å². The molecule has 0 saturated carbocycles. The summed E-state index contributed by atoms with van der Waals surface area (Å²) in [5.74, 6) is -1.14. The summed E-state index contributed by atoms with van der Waals surface area (Å²) in [6, 6.07) is 1.70. The predicted molar refractivity (Wildman–Crippen MR) is 77.3 cm³/mol. The van der Waals surface area contributed by atoms with Crippen LogP contribution in [0.4, 0.5) is 0 Å². The molecule has 0 unspecified atom stereocenters. The second kappa shape index (κ2) is 6.70. The third-order valence-electron chi connectivity index (χ3n) is 3.91. The fourth-order valence-electron chi connectivity index (χ4n) is 2.73. The van der Waals surface area contributed by atoms with Crippen molar-refractivity contribution in [2.75, 3.05) is 19.6 Å². The summed E-state index contributed by atoms with van der Waals surface area (Å²) >= 11 is 0. The molecule has 0 amide bonds. The summed E-state index contributed by atoms with van der Waals surface area (Å²) in [5.41, 5.74) is 0.0292. The molecular weight excluding hydrogens is 256 g/mol. The van der Waals surface area contributed by atoms with Gasteiger partial charge in [-0.2, -0.15) is 0 Å². The Morgan fingerprint density at radius 2 is 1.90 bits per heavy atom. The van der Waals surface area contributed by atoms with Gasteiger partial charge in [0.15, 0.2) is 0 Å². The van der Waals surface area contributed by atoms with Gasteiger partial charge in [-0.25, -0.2) is 4.79 Å². The molecule has 2 rings (SSSR count). The summed E-state index contributed by atoms with van der Waals surface area (Å²) < 4.78 is 1.51. The number of nitrogens with zero attached hydrogens (tertiary/aromatic N) is 2. The van der Waals surface area contributed by atoms with Crippen molar-refractivity contribution in [3.63, 3.8) is 0 Å². The van der Waals surface area contributed by atoms with E-state index in [1.165, 1.54) is 30.5 Å². The van der Waals surface area contributed by atoms with E-state index in [0.717, 1.165) is 19.4 Å². The van der Waals surface area contributed by atoms with Crippen LogP contribution >= 0.6 is 0 Å². The molecule has 1 fully saturated rings. The summed E-state index contributed by atoms with van der Waals surface area (Å²) in [6.45, 7) is 5.70. The Morgan fingerprint density at radius 1 is 1.25 bits per heavy atom. The Labute approximate surface area is 118 Å². The van der Waals surface area contributed by atoms with Crippen molar-refractivity contribution in [3.05, 3.63) is 33.7 Å². The van der Waals surface area contributed by atoms with Crippen LogP contribution in [0.25, 0.3) is 0 Å². The number of aromatic carboxylic acids is 1. The fraction of sp³-hybridized carbons (Fsp3) is 0.600. The van der Waals surface area contributed by atoms with Crippen molar-refractivity contribution < 1.29 is 9.90 Å². The molecule has 0 aromatic carbocycles. The standard InChI is InChI=1S/C15H22N2O3/c1-12-6-11-17(14(18)13(12)15(19)20)10-5-4-9-16-7-2-3-8-16/h6,11H,2-5,7-10H2,1H3,(H,19,20). The Morgan fingerprint density at radius 3 is 2.55 bits per heavy atom. The number of carboxylic acid groups (broad SMARTS) is 1. The maximum absolute atomic E-state index is 12.1. The van der Waals surface area contributed by atoms with Crippen LogP contribution in [0.2, 0.25) is 0 Å². The highest BCUT2D eigenvalue weighted by atomic mass is 16.4. The zero-order chi connectivity index (χ0) is 14.5. The minimum atomic E-state index is -1.14. The second-order valence-corrected chi connectivity index (χ2v) is 5.43. The van der Waals surface area contributed by atoms with Crippen LogP contribution in [0, 0.1) is 6.92 Å². The summed E-state index contributed by atoms with van der Waals surface area (Å²) in [4.78, 5) is 25.6. The molecule has 20 heavy (non-hydrogen) atoms. The number of likely N-dealkylation sites (tertiary alicyclic amines) is 1. The largest absolute Gasteiger partial charge is 0.477 e. The Bertz CT molecular complexity index is 530. The van der Waals surface area contributed by atoms with Gasteiger partial charge in [0.05, 0.1) is 0 Å². The fourth-order valence-corrected chi connectivity index (χ4v) is 2.73. The van der Waals surface area contributed by atoms with Gasteiger partial charge in [0.25, 0.3) is 5.56 Å². The summed E-state index contributed by atoms with van der Waals surface area (Å²) in [7, 11) is 0. The van der Waals surface area contributed by atoms with Crippen molar-refractivity contribution in [2.24, 2.45) is 0 Å². The molecule has 5 nitrogen and oxygen atoms in total. The molecule has 0 aliphatic carbocycles. The Balaban J connectivity index is 1.91. The molecule has 1 aromatic heterocycles. The molecule has 1 N–H and O–H groups in total. The Kier molecular flexibility index (Phi) is 4.95. The third kappa shape index (κ3) is 3.48. The Hall–Kier alpha value is -1.62. The summed E-state index contributed by atoms with van der Waals surface area (Å²) in [6.07, 6.45) is 6.22. The SMILES string of the molecule is Cc1ccn(CCCCN2CCCC2)c(=O)c1C(=O)O. The molecular formula is C15H22N2O3. The highest BCUT2D eigenvalue weighted by Crippen LogP contribution is 2.09. The zero-order valence-electron chi connectivity index (χ0n) is 12.0. The number of carboxylic acids is 1. The van der Waals surface area contributed by atoms with Gasteiger partial charge in [0.2, 0.25) is 0 Å². The number of unbranched alkanes of at least 4 members (excludes halogenated alkanes) is 1. The first-order chi connectivity index (χ1) is 9.59. The van der Waals surface area contributed by atoms with E-state index in [-0.39, 0.29) is 5.56 Å². The van der Waals surface area contributed by atoms with Gasteiger partial charge >= 0.3 is 5.97 Å². The van der Waals surface area contributed by atoms with Gasteiger partial charge in [-0.05, 0) is 63.9 Å². The van der Waals surface area contributed by atoms with E-state index in [1.54, 1.807) is 19.2 Å². The van der Waals surface area contributed by atoms with Crippen molar-refractivity contribution in [2.45, 2.75) is 39.2 Å². The molecule has 0 spiro atoms. The smallest absolute Gasteiger partial charge is 0.341 e. The maximum atomic E-state index is 12.1. The normalized spacial score (nSPS) is 15.7. The van der Waals surface area contributed by atoms with E-state index in [0.29, 0.717) is 12.1 Å². The van der Waals surface area contributed by atoms with Gasteiger partial charge in [-0.3, -0.25) is 4.79 Å². The predicted octanol–water partition coefficient (Wildman–Crippen LogP) is 1.73. The highest BCUT2D eigenvalue weighted by molar-refractivity contribution is 5.88. The number of hydrogen-bond acceptors (Lipinski definition) is 3. The van der Waals surface area contributed by atoms with Crippen LogP contribution in [0.1, 0.15) is 41.6 Å². The molecule has 1 aliphatic rings. The lowest BCUT2D eigenvalue weighted by Gasteiger charge is -2.14. The van der Waals surface area contributed by atoms with E-state index in [2.05, 4.69) is 4.90 Å². The molecule has 5 heteroatoms. The highest BCUT2D eigenvalue weighted by Gasteiger charge is 2.14. The van der Waals surface area contributed by atoms with E-state index < -0.39 is 11.5 Å². The van der Waals surface area contributed by atoms with E-state index in [4.69, 9.17) is 5.11 Å². The number of pyridine rings is 1. The van der Waals surface area contributed by atoms with Gasteiger partial charge in [-0.15, -0.1) is 0 Å². The van der Waals surface area contributed by atoms with E-state index in [9.17, 15) is 9.59 Å². The van der Waals surface area contributed by atoms with Crippen molar-refractivity contribution in [1.29, 1.82) is 0 Å². The van der Waals surface area contributed by atoms with Gasteiger partial charge in [0, 0.05) is 12.7 Å². The summed E-state index contributed by atoms with van der Waals surface area (Å²) in [5, 5.41) is 9.07. The van der Waals surface area contributed by atoms with Crippen molar-refractivity contribution in [1.82, 2.24) is 9.47 Å². The first kappa shape index (κ1) is 14.8. The third-order valence-corrected chi connectivity index (χ3v) is 3.91. The average molecular weight is 278 g/mol. The molecule has 0 atom stereocenters. The monoisotopic (exact) mass is 278 g/mol. The van der Waals surface area contributed by atoms with Gasteiger partial charge < -0.3 is 14.6 Å². The molecule has 0 radical (unpaired) electrons. The average Bonchev–Trinajstić information content (AvgIpc) is 2.89. The molecule has 1 aliphatic heterocycles. The van der Waals surface area contributed by atoms with Crippen molar-refractivity contribution in [3.8, 4) is 0 Å². The van der Waals surface area contributed by atoms with Crippen LogP contribution in [0.15, 0.2) is 17.1 Å². The number of hydrogen-bond donors (Lipinski definition) is 1. The molecule has 1 aromatic rings. The quantitative estimate of drug-likeness (QED) is 0.805. The van der Waals surface area contributed by atoms with Crippen LogP contribution in [-0.4, -0.2) is 40.2 Å². The molecule has 110 valence electrons. The lowest BCUT2D eigenvalue weighted by atomic mass is 10.1. The number of rotatable bonds is 6. The minimum Gasteiger partial charge on any atom is -0.477 e. The lowest BCUT2D eigenvalue weighted by Crippen LogP contribution is -2.27. The van der Waals surface area contributed by atoms with Crippen LogP contribution in [-0.2, 0) is 6.54 Å². The topological polar surface area (TPSA) is 62.5 Å². The van der Waals surface area contributed by atoms with Crippen molar-refractivity contribution >= 4 is 5.97 Å². The van der Waals surface area contributed by atoms with Crippen LogP contribution in [0.5, 0.6) is 0 Å². The van der Waals surface area contributed by atoms with E-state index in [1.807, 2.05) is 0 Å². The van der Waals surface area contributed by atoms with Crippen LogP contribution in [0.3, 0.4) is 0 Å². The first-order valence-electron chi connectivity index (χ1n) is 7.25. The minimum absolute atomic E-state index is 0.105. The molecule has 2 heterocycles. The van der Waals surface area contributed by atoms with E-state index >= 15 is 0 Å². The van der Waals surface area contributed by atoms with Gasteiger partial charge in [-0.1, -0.05) is 0 Å². The maximum Gasteiger partial charge on any atom is 0.341 e. The molecule has 0 bridgehead atoms. The van der Waals surface area contributed by atoms with Gasteiger partial charge in [0.1, 0.15) is 5.56 Å². The zero-order valence-corrected chi connectivity index (χ0v) is 12.0. The number of carbonyl (C=O) groups is 1. The second-order valence-electron chi connectivity index (χ2n) is 5.43. The first-order valence-corrected chi connectivity index (χ1v) is 7.25. The number of aromatic nitrogens is 1. The lowest BCUT2D eigenvalue weighted by molar-refractivity contribution is 0.0693.